The van der Waals surface area contributed by atoms with E-state index in [9.17, 15) is 9.59 Å². The molecule has 10 nitrogen and oxygen atoms in total. The third-order valence-corrected chi connectivity index (χ3v) is 8.38. The molecular weight excluding hydrogens is 532 g/mol. The van der Waals surface area contributed by atoms with Crippen LogP contribution >= 0.6 is 0 Å². The molecule has 1 N–H and O–H groups in total. The van der Waals surface area contributed by atoms with Crippen molar-refractivity contribution in [3.63, 3.8) is 0 Å². The summed E-state index contributed by atoms with van der Waals surface area (Å²) >= 11 is 0. The summed E-state index contributed by atoms with van der Waals surface area (Å²) in [6, 6.07) is 23.1. The van der Waals surface area contributed by atoms with Crippen LogP contribution in [-0.4, -0.2) is 70.7 Å². The van der Waals surface area contributed by atoms with E-state index in [2.05, 4.69) is 20.5 Å². The van der Waals surface area contributed by atoms with Gasteiger partial charge in [0.25, 0.3) is 0 Å². The monoisotopic (exact) mass is 568 g/mol. The Morgan fingerprint density at radius 3 is 2.40 bits per heavy atom. The van der Waals surface area contributed by atoms with Gasteiger partial charge in [0.15, 0.2) is 0 Å². The van der Waals surface area contributed by atoms with Crippen molar-refractivity contribution in [2.75, 3.05) is 43.6 Å². The largest absolute Gasteiger partial charge is 0.497 e. The molecule has 0 unspecified atom stereocenters. The third-order valence-electron chi connectivity index (χ3n) is 8.38. The molecule has 1 aliphatic carbocycles. The molecular formula is C32H36N6O4. The summed E-state index contributed by atoms with van der Waals surface area (Å²) in [6.07, 6.45) is 2.90. The highest BCUT2D eigenvalue weighted by Gasteiger charge is 2.48. The first-order valence-electron chi connectivity index (χ1n) is 14.5. The van der Waals surface area contributed by atoms with Crippen molar-refractivity contribution in [1.82, 2.24) is 19.9 Å². The summed E-state index contributed by atoms with van der Waals surface area (Å²) < 4.78 is 12.4. The molecule has 42 heavy (non-hydrogen) atoms. The van der Waals surface area contributed by atoms with Crippen molar-refractivity contribution in [3.8, 4) is 5.75 Å². The number of aromatic nitrogens is 3. The molecule has 0 bridgehead atoms. The normalized spacial score (nSPS) is 16.4. The van der Waals surface area contributed by atoms with Crippen molar-refractivity contribution in [1.29, 1.82) is 0 Å². The van der Waals surface area contributed by atoms with Gasteiger partial charge in [-0.15, -0.1) is 5.10 Å². The molecule has 1 saturated carbocycles. The summed E-state index contributed by atoms with van der Waals surface area (Å²) in [4.78, 5) is 32.4. The number of hydrogen-bond acceptors (Lipinski definition) is 7. The van der Waals surface area contributed by atoms with Gasteiger partial charge in [0.2, 0.25) is 11.8 Å². The summed E-state index contributed by atoms with van der Waals surface area (Å²) in [5.41, 5.74) is 3.24. The number of nitrogens with one attached hydrogen (secondary N) is 1. The van der Waals surface area contributed by atoms with Crippen molar-refractivity contribution in [2.24, 2.45) is 0 Å². The lowest BCUT2D eigenvalue weighted by molar-refractivity contribution is -0.147. The van der Waals surface area contributed by atoms with Gasteiger partial charge in [0, 0.05) is 31.0 Å². The molecule has 2 aliphatic rings. The number of anilines is 2. The van der Waals surface area contributed by atoms with Gasteiger partial charge in [-0.25, -0.2) is 4.68 Å². The maximum absolute atomic E-state index is 14.2. The van der Waals surface area contributed by atoms with Crippen LogP contribution in [0.3, 0.4) is 0 Å². The first-order chi connectivity index (χ1) is 20.6. The smallest absolute Gasteiger partial charge is 0.250 e. The quantitative estimate of drug-likeness (QED) is 0.322. The topological polar surface area (TPSA) is 102 Å². The van der Waals surface area contributed by atoms with Gasteiger partial charge in [-0.3, -0.25) is 9.59 Å². The van der Waals surface area contributed by atoms with Crippen molar-refractivity contribution in [2.45, 2.75) is 44.3 Å². The highest BCUT2D eigenvalue weighted by Crippen LogP contribution is 2.38. The van der Waals surface area contributed by atoms with Crippen molar-refractivity contribution >= 4 is 34.2 Å². The molecule has 2 amide bonds. The first-order valence-corrected chi connectivity index (χ1v) is 14.5. The van der Waals surface area contributed by atoms with E-state index in [-0.39, 0.29) is 18.4 Å². The zero-order chi connectivity index (χ0) is 28.9. The average molecular weight is 569 g/mol. The predicted octanol–water partition coefficient (Wildman–Crippen LogP) is 4.26. The molecule has 0 atom stereocenters. The fourth-order valence-electron chi connectivity index (χ4n) is 6.04. The maximum atomic E-state index is 14.2. The SMILES string of the molecule is COc1ccc(CN(C(=O)Cn2nnc3ccccc32)C2(C(=O)Nc3ccc(N4CCOCC4)cc3)CCCC2)cc1. The molecule has 1 saturated heterocycles. The van der Waals surface area contributed by atoms with Crippen LogP contribution in [0, 0.1) is 0 Å². The Balaban J connectivity index is 1.28. The Morgan fingerprint density at radius 2 is 1.69 bits per heavy atom. The predicted molar refractivity (Wildman–Crippen MR) is 160 cm³/mol. The second kappa shape index (κ2) is 12.2. The molecule has 1 aliphatic heterocycles. The van der Waals surface area contributed by atoms with Gasteiger partial charge in [0.05, 0.1) is 25.8 Å². The van der Waals surface area contributed by atoms with E-state index in [0.717, 1.165) is 54.0 Å². The van der Waals surface area contributed by atoms with Crippen LogP contribution in [0.1, 0.15) is 31.2 Å². The van der Waals surface area contributed by atoms with Crippen LogP contribution in [0.5, 0.6) is 5.75 Å². The zero-order valence-electron chi connectivity index (χ0n) is 23.9. The number of morpholine rings is 1. The number of nitrogens with zero attached hydrogens (tertiary/aromatic N) is 5. The van der Waals surface area contributed by atoms with E-state index in [1.54, 1.807) is 16.7 Å². The number of benzene rings is 3. The molecule has 4 aromatic rings. The van der Waals surface area contributed by atoms with Gasteiger partial charge in [-0.05, 0) is 66.9 Å². The Bertz CT molecular complexity index is 1520. The molecule has 3 aromatic carbocycles. The second-order valence-electron chi connectivity index (χ2n) is 10.9. The van der Waals surface area contributed by atoms with E-state index in [1.165, 1.54) is 0 Å². The summed E-state index contributed by atoms with van der Waals surface area (Å²) in [5, 5.41) is 11.6. The number of rotatable bonds is 9. The van der Waals surface area contributed by atoms with E-state index in [1.807, 2.05) is 72.8 Å². The molecule has 0 spiro atoms. The summed E-state index contributed by atoms with van der Waals surface area (Å²) in [7, 11) is 1.62. The van der Waals surface area contributed by atoms with Crippen molar-refractivity contribution in [3.05, 3.63) is 78.4 Å². The molecule has 1 aromatic heterocycles. The third kappa shape index (κ3) is 5.67. The minimum absolute atomic E-state index is 0.0139. The number of methoxy groups -OCH3 is 1. The number of ether oxygens (including phenoxy) is 2. The molecule has 2 heterocycles. The Morgan fingerprint density at radius 1 is 0.976 bits per heavy atom. The lowest BCUT2D eigenvalue weighted by Gasteiger charge is -2.40. The maximum Gasteiger partial charge on any atom is 0.250 e. The Hall–Kier alpha value is -4.44. The Labute approximate surface area is 245 Å². The van der Waals surface area contributed by atoms with Crippen LogP contribution in [-0.2, 0) is 27.4 Å². The van der Waals surface area contributed by atoms with Gasteiger partial charge < -0.3 is 24.6 Å². The van der Waals surface area contributed by atoms with E-state index < -0.39 is 5.54 Å². The van der Waals surface area contributed by atoms with Crippen molar-refractivity contribution < 1.29 is 19.1 Å². The highest BCUT2D eigenvalue weighted by molar-refractivity contribution is 6.01. The lowest BCUT2D eigenvalue weighted by Crippen LogP contribution is -2.57. The van der Waals surface area contributed by atoms with Gasteiger partial charge >= 0.3 is 0 Å². The standard InChI is InChI=1S/C32H36N6O4/c1-41-27-14-8-24(9-15-27)22-37(30(39)23-38-29-7-3-2-6-28(29)34-35-38)32(16-4-5-17-32)31(40)33-25-10-12-26(13-11-25)36-18-20-42-21-19-36/h2-3,6-15H,4-5,16-23H2,1H3,(H,33,40). The number of para-hydroxylation sites is 1. The fourth-order valence-corrected chi connectivity index (χ4v) is 6.04. The molecule has 6 rings (SSSR count). The van der Waals surface area contributed by atoms with E-state index in [0.29, 0.717) is 38.3 Å². The number of carbonyl (C=O) groups excluding carboxylic acids is 2. The molecule has 2 fully saturated rings. The van der Waals surface area contributed by atoms with Crippen LogP contribution in [0.4, 0.5) is 11.4 Å². The van der Waals surface area contributed by atoms with Crippen LogP contribution in [0.15, 0.2) is 72.8 Å². The molecule has 10 heteroatoms. The molecule has 0 radical (unpaired) electrons. The summed E-state index contributed by atoms with van der Waals surface area (Å²) in [6.45, 7) is 3.39. The minimum Gasteiger partial charge on any atom is -0.497 e. The van der Waals surface area contributed by atoms with Gasteiger partial charge in [-0.1, -0.05) is 42.3 Å². The Kier molecular flexibility index (Phi) is 8.05. The lowest BCUT2D eigenvalue weighted by atomic mass is 9.92. The second-order valence-corrected chi connectivity index (χ2v) is 10.9. The first kappa shape index (κ1) is 27.7. The van der Waals surface area contributed by atoms with Gasteiger partial charge in [-0.2, -0.15) is 0 Å². The van der Waals surface area contributed by atoms with Gasteiger partial charge in [0.1, 0.15) is 23.3 Å². The van der Waals surface area contributed by atoms with E-state index >= 15 is 0 Å². The van der Waals surface area contributed by atoms with E-state index in [4.69, 9.17) is 9.47 Å². The molecule has 218 valence electrons. The number of fused-ring (bicyclic) bond motifs is 1. The number of carbonyl (C=O) groups is 2. The van der Waals surface area contributed by atoms with Crippen LogP contribution < -0.4 is 15.0 Å². The summed E-state index contributed by atoms with van der Waals surface area (Å²) in [5.74, 6) is 0.394. The number of amides is 2. The van der Waals surface area contributed by atoms with Crippen LogP contribution in [0.25, 0.3) is 11.0 Å². The average Bonchev–Trinajstić information content (AvgIpc) is 3.70. The fraction of sp³-hybridized carbons (Fsp3) is 0.375. The number of hydrogen-bond donors (Lipinski definition) is 1. The minimum atomic E-state index is -0.990. The zero-order valence-corrected chi connectivity index (χ0v) is 23.9. The highest BCUT2D eigenvalue weighted by atomic mass is 16.5. The van der Waals surface area contributed by atoms with Crippen LogP contribution in [0.2, 0.25) is 0 Å².